The number of anilines is 1. The fraction of sp³-hybridized carbons (Fsp3) is 0.522. The highest BCUT2D eigenvalue weighted by atomic mass is 32.1. The number of likely N-dealkylation sites (tertiary alicyclic amines) is 1. The summed E-state index contributed by atoms with van der Waals surface area (Å²) in [5, 5.41) is 0. The summed E-state index contributed by atoms with van der Waals surface area (Å²) in [6, 6.07) is 9.10. The summed E-state index contributed by atoms with van der Waals surface area (Å²) >= 11 is 1.88. The summed E-state index contributed by atoms with van der Waals surface area (Å²) < 4.78 is 0. The molecule has 0 radical (unpaired) electrons. The van der Waals surface area contributed by atoms with Gasteiger partial charge in [-0.3, -0.25) is 4.90 Å². The summed E-state index contributed by atoms with van der Waals surface area (Å²) in [4.78, 5) is 18.7. The zero-order valence-corrected chi connectivity index (χ0v) is 18.4. The van der Waals surface area contributed by atoms with Crippen LogP contribution in [-0.2, 0) is 6.54 Å². The van der Waals surface area contributed by atoms with Crippen molar-refractivity contribution in [2.75, 3.05) is 51.2 Å². The molecule has 0 saturated carbocycles. The number of nitrogens with one attached hydrogen (secondary N) is 1. The number of imidazole rings is 1. The number of aromatic nitrogens is 2. The topological polar surface area (TPSA) is 38.4 Å². The third kappa shape index (κ3) is 4.06. The van der Waals surface area contributed by atoms with Gasteiger partial charge in [0.2, 0.25) is 0 Å². The second-order valence-electron chi connectivity index (χ2n) is 8.64. The Balaban J connectivity index is 1.37. The van der Waals surface area contributed by atoms with Crippen LogP contribution in [0.5, 0.6) is 0 Å². The Kier molecular flexibility index (Phi) is 5.33. The number of piperazine rings is 1. The largest absolute Gasteiger partial charge is 0.369 e. The van der Waals surface area contributed by atoms with Crippen molar-refractivity contribution in [1.29, 1.82) is 0 Å². The van der Waals surface area contributed by atoms with Crippen LogP contribution in [0.3, 0.4) is 0 Å². The zero-order valence-electron chi connectivity index (χ0n) is 17.6. The molecule has 29 heavy (non-hydrogen) atoms. The minimum absolute atomic E-state index is 1.01. The van der Waals surface area contributed by atoms with Gasteiger partial charge in [-0.05, 0) is 69.7 Å². The fourth-order valence-electron chi connectivity index (χ4n) is 4.56. The van der Waals surface area contributed by atoms with Gasteiger partial charge in [-0.1, -0.05) is 6.42 Å². The lowest BCUT2D eigenvalue weighted by Crippen LogP contribution is -2.44. The lowest BCUT2D eigenvalue weighted by Gasteiger charge is -2.34. The molecule has 4 heterocycles. The van der Waals surface area contributed by atoms with Crippen LogP contribution in [0.1, 0.15) is 29.7 Å². The van der Waals surface area contributed by atoms with E-state index in [1.165, 1.54) is 53.4 Å². The maximum Gasteiger partial charge on any atom is 0.148 e. The molecule has 2 aliphatic heterocycles. The monoisotopic (exact) mass is 409 g/mol. The van der Waals surface area contributed by atoms with E-state index in [0.717, 1.165) is 49.6 Å². The Morgan fingerprint density at radius 3 is 2.59 bits per heavy atom. The van der Waals surface area contributed by atoms with Gasteiger partial charge >= 0.3 is 0 Å². The molecule has 5 rings (SSSR count). The van der Waals surface area contributed by atoms with Gasteiger partial charge in [-0.25, -0.2) is 4.98 Å². The van der Waals surface area contributed by atoms with E-state index in [9.17, 15) is 0 Å². The highest BCUT2D eigenvalue weighted by Gasteiger charge is 2.18. The molecule has 2 aliphatic rings. The van der Waals surface area contributed by atoms with Crippen LogP contribution in [0, 0.1) is 6.92 Å². The van der Waals surface area contributed by atoms with E-state index in [2.05, 4.69) is 57.9 Å². The first-order chi connectivity index (χ1) is 14.2. The molecule has 0 aliphatic carbocycles. The summed E-state index contributed by atoms with van der Waals surface area (Å²) in [6.07, 6.45) is 4.08. The molecular weight excluding hydrogens is 378 g/mol. The van der Waals surface area contributed by atoms with Crippen molar-refractivity contribution in [3.05, 3.63) is 34.7 Å². The normalized spacial score (nSPS) is 19.3. The lowest BCUT2D eigenvalue weighted by molar-refractivity contribution is 0.222. The Morgan fingerprint density at radius 1 is 1.00 bits per heavy atom. The van der Waals surface area contributed by atoms with Crippen molar-refractivity contribution in [3.8, 4) is 10.7 Å². The first-order valence-electron chi connectivity index (χ1n) is 10.9. The second kappa shape index (κ2) is 8.09. The van der Waals surface area contributed by atoms with Gasteiger partial charge in [0.15, 0.2) is 0 Å². The van der Waals surface area contributed by atoms with Gasteiger partial charge < -0.3 is 14.8 Å². The first kappa shape index (κ1) is 19.1. The van der Waals surface area contributed by atoms with Crippen molar-refractivity contribution in [2.45, 2.75) is 32.7 Å². The van der Waals surface area contributed by atoms with Crippen molar-refractivity contribution in [2.24, 2.45) is 0 Å². The molecule has 2 saturated heterocycles. The molecule has 154 valence electrons. The van der Waals surface area contributed by atoms with E-state index in [4.69, 9.17) is 4.98 Å². The number of piperidine rings is 1. The van der Waals surface area contributed by atoms with Gasteiger partial charge in [0.05, 0.1) is 15.9 Å². The van der Waals surface area contributed by atoms with Crippen molar-refractivity contribution in [3.63, 3.8) is 0 Å². The van der Waals surface area contributed by atoms with Crippen LogP contribution in [-0.4, -0.2) is 66.1 Å². The van der Waals surface area contributed by atoms with E-state index in [-0.39, 0.29) is 0 Å². The molecule has 0 amide bonds. The van der Waals surface area contributed by atoms with Crippen LogP contribution < -0.4 is 4.90 Å². The van der Waals surface area contributed by atoms with E-state index in [1.54, 1.807) is 0 Å². The maximum absolute atomic E-state index is 4.96. The summed E-state index contributed by atoms with van der Waals surface area (Å²) in [7, 11) is 2.20. The highest BCUT2D eigenvalue weighted by Crippen LogP contribution is 2.32. The lowest BCUT2D eigenvalue weighted by atomic mass is 10.1. The molecular formula is C23H31N5S. The van der Waals surface area contributed by atoms with Gasteiger partial charge in [-0.2, -0.15) is 0 Å². The van der Waals surface area contributed by atoms with Crippen molar-refractivity contribution < 1.29 is 0 Å². The number of H-pyrrole nitrogens is 1. The second-order valence-corrected chi connectivity index (χ2v) is 9.81. The van der Waals surface area contributed by atoms with Gasteiger partial charge in [0.1, 0.15) is 5.82 Å². The van der Waals surface area contributed by atoms with E-state index in [1.807, 2.05) is 11.3 Å². The van der Waals surface area contributed by atoms with Crippen LogP contribution in [0.4, 0.5) is 5.69 Å². The average molecular weight is 410 g/mol. The molecule has 0 spiro atoms. The third-order valence-electron chi connectivity index (χ3n) is 6.35. The number of thiophene rings is 1. The zero-order chi connectivity index (χ0) is 19.8. The Labute approximate surface area is 177 Å². The number of hydrogen-bond donors (Lipinski definition) is 1. The first-order valence-corrected chi connectivity index (χ1v) is 11.7. The smallest absolute Gasteiger partial charge is 0.148 e. The Bertz CT molecular complexity index is 976. The van der Waals surface area contributed by atoms with Gasteiger partial charge in [-0.15, -0.1) is 11.3 Å². The molecule has 6 heteroatoms. The maximum atomic E-state index is 4.96. The third-order valence-corrected chi connectivity index (χ3v) is 7.43. The average Bonchev–Trinajstić information content (AvgIpc) is 3.36. The predicted octanol–water partition coefficient (Wildman–Crippen LogP) is 4.34. The van der Waals surface area contributed by atoms with Crippen LogP contribution in [0.15, 0.2) is 24.3 Å². The van der Waals surface area contributed by atoms with E-state index in [0.29, 0.717) is 0 Å². The SMILES string of the molecule is Cc1cc(N2CCN(C)CC2)cc2[nH]c(-c3ccc(CN4CCCCC4)s3)nc12. The minimum Gasteiger partial charge on any atom is -0.369 e. The molecule has 2 fully saturated rings. The number of rotatable bonds is 4. The Morgan fingerprint density at radius 2 is 1.79 bits per heavy atom. The molecule has 5 nitrogen and oxygen atoms in total. The molecule has 0 unspecified atom stereocenters. The molecule has 1 N–H and O–H groups in total. The molecule has 0 bridgehead atoms. The number of aryl methyl sites for hydroxylation is 1. The van der Waals surface area contributed by atoms with Crippen molar-refractivity contribution in [1.82, 2.24) is 19.8 Å². The van der Waals surface area contributed by atoms with E-state index < -0.39 is 0 Å². The van der Waals surface area contributed by atoms with Crippen molar-refractivity contribution >= 4 is 28.1 Å². The number of aromatic amines is 1. The van der Waals surface area contributed by atoms with Crippen LogP contribution in [0.2, 0.25) is 0 Å². The standard InChI is InChI=1S/C23H31N5S/c1-17-14-18(28-12-10-26(2)11-13-28)15-20-22(17)25-23(24-20)21-7-6-19(29-21)16-27-8-4-3-5-9-27/h6-7,14-15H,3-5,8-13,16H2,1-2H3,(H,24,25). The summed E-state index contributed by atoms with van der Waals surface area (Å²) in [5.74, 6) is 1.01. The fourth-order valence-corrected chi connectivity index (χ4v) is 5.56. The number of hydrogen-bond acceptors (Lipinski definition) is 5. The number of nitrogens with zero attached hydrogens (tertiary/aromatic N) is 4. The summed E-state index contributed by atoms with van der Waals surface area (Å²) in [6.45, 7) is 10.2. The van der Waals surface area contributed by atoms with Crippen LogP contribution >= 0.6 is 11.3 Å². The minimum atomic E-state index is 1.01. The molecule has 0 atom stereocenters. The quantitative estimate of drug-likeness (QED) is 0.696. The van der Waals surface area contributed by atoms with Crippen LogP contribution in [0.25, 0.3) is 21.7 Å². The number of benzene rings is 1. The summed E-state index contributed by atoms with van der Waals surface area (Å²) in [5.41, 5.74) is 4.82. The molecule has 2 aromatic heterocycles. The highest BCUT2D eigenvalue weighted by molar-refractivity contribution is 7.15. The van der Waals surface area contributed by atoms with Gasteiger partial charge in [0, 0.05) is 43.3 Å². The van der Waals surface area contributed by atoms with Gasteiger partial charge in [0.25, 0.3) is 0 Å². The predicted molar refractivity (Wildman–Crippen MR) is 123 cm³/mol. The molecule has 3 aromatic rings. The number of fused-ring (bicyclic) bond motifs is 1. The molecule has 1 aromatic carbocycles. The van der Waals surface area contributed by atoms with E-state index >= 15 is 0 Å². The number of likely N-dealkylation sites (N-methyl/N-ethyl adjacent to an activating group) is 1. The Hall–Kier alpha value is -1.89.